The molecule has 4 saturated heterocycles. The van der Waals surface area contributed by atoms with E-state index in [0.29, 0.717) is 21.6 Å². The molecule has 4 fully saturated rings. The average Bonchev–Trinajstić information content (AvgIpc) is 4.12. The number of carbonyl (C=O) groups excluding carboxylic acids is 15. The second-order valence-corrected chi connectivity index (χ2v) is 16.5. The van der Waals surface area contributed by atoms with E-state index >= 15 is 0 Å². The quantitative estimate of drug-likeness (QED) is 0.0302. The van der Waals surface area contributed by atoms with Crippen molar-refractivity contribution < 1.29 is 96.0 Å². The summed E-state index contributed by atoms with van der Waals surface area (Å²) >= 11 is 0. The van der Waals surface area contributed by atoms with Crippen LogP contribution in [-0.4, -0.2) is 196 Å². The first-order valence-corrected chi connectivity index (χ1v) is 23.4. The van der Waals surface area contributed by atoms with Gasteiger partial charge in [-0.15, -0.1) is 23.0 Å². The van der Waals surface area contributed by atoms with Gasteiger partial charge in [-0.1, -0.05) is 0 Å². The highest BCUT2D eigenvalue weighted by Crippen LogP contribution is 2.17. The third-order valence-corrected chi connectivity index (χ3v) is 11.2. The molecule has 4 heterocycles. The number of ether oxygens (including phenoxy) is 1. The van der Waals surface area contributed by atoms with Crippen LogP contribution in [0.5, 0.6) is 0 Å². The van der Waals surface area contributed by atoms with Crippen molar-refractivity contribution in [1.82, 2.24) is 45.6 Å². The fourth-order valence-electron chi connectivity index (χ4n) is 7.26. The van der Waals surface area contributed by atoms with Crippen LogP contribution in [0.1, 0.15) is 89.9 Å². The highest BCUT2D eigenvalue weighted by atomic mass is 16.8. The van der Waals surface area contributed by atoms with Gasteiger partial charge in [0.05, 0.1) is 38.3 Å². The molecule has 0 radical (unpaired) electrons. The first-order chi connectivity index (χ1) is 35.3. The van der Waals surface area contributed by atoms with E-state index in [4.69, 9.17) is 36.9 Å². The number of hydrogen-bond acceptors (Lipinski definition) is 20. The molecule has 74 heavy (non-hydrogen) atoms. The zero-order valence-electron chi connectivity index (χ0n) is 40.2. The molecule has 4 aliphatic rings. The highest BCUT2D eigenvalue weighted by Gasteiger charge is 2.36. The molecular weight excluding hydrogens is 987 g/mol. The summed E-state index contributed by atoms with van der Waals surface area (Å²) in [4.78, 5) is 212. The summed E-state index contributed by atoms with van der Waals surface area (Å²) < 4.78 is 5.37. The molecule has 12 amide bonds. The maximum absolute atomic E-state index is 14.4. The largest absolute Gasteiger partial charge is 0.353 e. The number of terminal acetylenes is 2. The summed E-state index contributed by atoms with van der Waals surface area (Å²) in [5.41, 5.74) is 0. The second-order valence-electron chi connectivity index (χ2n) is 16.5. The van der Waals surface area contributed by atoms with E-state index in [1.54, 1.807) is 0 Å². The van der Waals surface area contributed by atoms with Gasteiger partial charge in [-0.25, -0.2) is 19.2 Å². The topological polar surface area (TPSA) is 349 Å². The van der Waals surface area contributed by atoms with Crippen LogP contribution < -0.4 is 10.6 Å². The Kier molecular flexibility index (Phi) is 23.0. The van der Waals surface area contributed by atoms with Crippen LogP contribution in [-0.2, 0) is 96.0 Å². The van der Waals surface area contributed by atoms with Crippen molar-refractivity contribution in [1.29, 1.82) is 0 Å². The Labute approximate surface area is 422 Å². The molecule has 0 unspecified atom stereocenters. The van der Waals surface area contributed by atoms with E-state index in [9.17, 15) is 71.9 Å². The van der Waals surface area contributed by atoms with E-state index in [2.05, 4.69) is 10.6 Å². The minimum Gasteiger partial charge on any atom is -0.353 e. The van der Waals surface area contributed by atoms with Crippen molar-refractivity contribution in [3.63, 3.8) is 0 Å². The Morgan fingerprint density at radius 3 is 1.34 bits per heavy atom. The van der Waals surface area contributed by atoms with Gasteiger partial charge < -0.3 is 44.6 Å². The van der Waals surface area contributed by atoms with Gasteiger partial charge in [0.1, 0.15) is 0 Å². The Hall–Kier alpha value is -8.31. The Morgan fingerprint density at radius 1 is 0.514 bits per heavy atom. The molecule has 0 aliphatic carbocycles. The number of hydroxylamine groups is 8. The van der Waals surface area contributed by atoms with Gasteiger partial charge >= 0.3 is 17.9 Å². The molecule has 29 heteroatoms. The standard InChI is InChI=1S/C45H55N9O20/c1-3-31(55)46-27-30(28-47-32(56)4-2)45(69)50(22-15-34(58)49(24-16-42(66)72-51-20-5-7-35(51)59)25-18-44(68)74-54-40(64)12-13-41(54)65)21-14-33(57)48(23-17-43(67)73-53-38(62)10-11-39(53)63)19-6-26-70-29-71-52-36(60)8-9-37(52)61/h1-2,30H,5-29H2,(H,46,55)(H,47,56). The lowest BCUT2D eigenvalue weighted by molar-refractivity contribution is -0.217. The minimum atomic E-state index is -1.33. The lowest BCUT2D eigenvalue weighted by atomic mass is 10.1. The molecule has 0 saturated carbocycles. The Balaban J connectivity index is 1.52. The molecule has 0 bridgehead atoms. The second kappa shape index (κ2) is 29.3. The highest BCUT2D eigenvalue weighted by molar-refractivity contribution is 6.03. The van der Waals surface area contributed by atoms with Gasteiger partial charge in [0.15, 0.2) is 6.79 Å². The van der Waals surface area contributed by atoms with Crippen molar-refractivity contribution in [3.05, 3.63) is 0 Å². The number of carbonyl (C=O) groups is 15. The van der Waals surface area contributed by atoms with E-state index in [1.165, 1.54) is 0 Å². The first kappa shape index (κ1) is 58.3. The van der Waals surface area contributed by atoms with Crippen LogP contribution >= 0.6 is 0 Å². The Bertz CT molecular complexity index is 2250. The predicted octanol–water partition coefficient (Wildman–Crippen LogP) is -3.72. The summed E-state index contributed by atoms with van der Waals surface area (Å²) in [7, 11) is 0. The van der Waals surface area contributed by atoms with Crippen molar-refractivity contribution in [2.75, 3.05) is 72.3 Å². The summed E-state index contributed by atoms with van der Waals surface area (Å²) in [5.74, 6) is -9.57. The molecule has 4 aliphatic heterocycles. The number of amides is 12. The number of nitrogens with one attached hydrogen (secondary N) is 2. The lowest BCUT2D eigenvalue weighted by Gasteiger charge is -2.30. The number of rotatable bonds is 30. The monoisotopic (exact) mass is 1040 g/mol. The minimum absolute atomic E-state index is 0.0316. The fraction of sp³-hybridized carbons (Fsp3) is 0.578. The Morgan fingerprint density at radius 2 is 0.919 bits per heavy atom. The average molecular weight is 1040 g/mol. The SMILES string of the molecule is C#CC(=O)NCC(CNC(=O)C#C)C(=O)N(CCC(=O)N(CCCOCON1C(=O)CCC1=O)CCC(=O)ON1C(=O)CCC1=O)CCC(=O)N(CCC(=O)ON1CCCC1=O)CCC(=O)ON1C(=O)CCC1=O. The molecule has 0 aromatic carbocycles. The summed E-state index contributed by atoms with van der Waals surface area (Å²) in [6.07, 6.45) is 7.49. The molecule has 0 aromatic heterocycles. The molecule has 400 valence electrons. The van der Waals surface area contributed by atoms with E-state index in [0.717, 1.165) is 19.8 Å². The van der Waals surface area contributed by atoms with Gasteiger partial charge in [-0.05, 0) is 24.7 Å². The summed E-state index contributed by atoms with van der Waals surface area (Å²) in [6, 6.07) is 0. The zero-order chi connectivity index (χ0) is 54.3. The van der Waals surface area contributed by atoms with Crippen molar-refractivity contribution in [2.24, 2.45) is 5.92 Å². The van der Waals surface area contributed by atoms with Crippen LogP contribution in [0.25, 0.3) is 0 Å². The maximum Gasteiger partial charge on any atom is 0.334 e. The van der Waals surface area contributed by atoms with Gasteiger partial charge in [-0.2, -0.15) is 10.1 Å². The van der Waals surface area contributed by atoms with Crippen LogP contribution in [0.2, 0.25) is 0 Å². The number of hydrogen-bond donors (Lipinski definition) is 2. The van der Waals surface area contributed by atoms with Crippen LogP contribution in [0.3, 0.4) is 0 Å². The van der Waals surface area contributed by atoms with Gasteiger partial charge in [0.25, 0.3) is 53.2 Å². The normalized spacial score (nSPS) is 15.3. The zero-order valence-corrected chi connectivity index (χ0v) is 40.2. The van der Waals surface area contributed by atoms with E-state index < -0.39 is 173 Å². The maximum atomic E-state index is 14.4. The third-order valence-electron chi connectivity index (χ3n) is 11.2. The molecule has 0 atom stereocenters. The van der Waals surface area contributed by atoms with Crippen LogP contribution in [0, 0.1) is 30.6 Å². The molecule has 0 spiro atoms. The van der Waals surface area contributed by atoms with Crippen molar-refractivity contribution in [3.8, 4) is 24.7 Å². The van der Waals surface area contributed by atoms with Gasteiger partial charge in [0, 0.05) is 110 Å². The summed E-state index contributed by atoms with van der Waals surface area (Å²) in [5, 5.41) is 6.72. The van der Waals surface area contributed by atoms with Crippen LogP contribution in [0.4, 0.5) is 0 Å². The number of imide groups is 3. The van der Waals surface area contributed by atoms with Crippen molar-refractivity contribution >= 4 is 88.8 Å². The van der Waals surface area contributed by atoms with Gasteiger partial charge in [0.2, 0.25) is 17.7 Å². The molecule has 4 rings (SSSR count). The predicted molar refractivity (Wildman–Crippen MR) is 239 cm³/mol. The molecule has 29 nitrogen and oxygen atoms in total. The van der Waals surface area contributed by atoms with E-state index in [-0.39, 0.29) is 77.6 Å². The molecule has 2 N–H and O–H groups in total. The van der Waals surface area contributed by atoms with E-state index in [1.807, 2.05) is 11.8 Å². The fourth-order valence-corrected chi connectivity index (χ4v) is 7.26. The third kappa shape index (κ3) is 18.4. The lowest BCUT2D eigenvalue weighted by Crippen LogP contribution is -2.48. The van der Waals surface area contributed by atoms with Crippen LogP contribution in [0.15, 0.2) is 0 Å². The first-order valence-electron chi connectivity index (χ1n) is 23.4. The van der Waals surface area contributed by atoms with Gasteiger partial charge in [-0.3, -0.25) is 57.5 Å². The smallest absolute Gasteiger partial charge is 0.334 e. The summed E-state index contributed by atoms with van der Waals surface area (Å²) in [6.45, 7) is -3.80. The molecular formula is C45H55N9O20. The van der Waals surface area contributed by atoms with Crippen molar-refractivity contribution in [2.45, 2.75) is 89.9 Å². The molecule has 0 aromatic rings. The number of nitrogens with zero attached hydrogens (tertiary/aromatic N) is 7.